The first-order valence-corrected chi connectivity index (χ1v) is 13.2. The number of hydrogen-bond acceptors (Lipinski definition) is 4. The molecule has 1 amide bonds. The lowest BCUT2D eigenvalue weighted by molar-refractivity contribution is -0.137. The van der Waals surface area contributed by atoms with Crippen molar-refractivity contribution in [3.63, 3.8) is 0 Å². The molecule has 1 aliphatic heterocycles. The molecule has 0 spiro atoms. The van der Waals surface area contributed by atoms with E-state index in [-0.39, 0.29) is 5.92 Å². The molecule has 1 aliphatic rings. The molecule has 1 N–H and O–H groups in total. The van der Waals surface area contributed by atoms with Crippen LogP contribution in [-0.4, -0.2) is 51.7 Å². The second kappa shape index (κ2) is 11.1. The number of carbonyl (C=O) groups is 1. The van der Waals surface area contributed by atoms with Gasteiger partial charge in [-0.2, -0.15) is 13.2 Å². The Kier molecular flexibility index (Phi) is 9.30. The van der Waals surface area contributed by atoms with Crippen LogP contribution >= 0.6 is 0 Å². The van der Waals surface area contributed by atoms with Crippen LogP contribution in [-0.2, 0) is 21.9 Å². The average Bonchev–Trinajstić information content (AvgIpc) is 2.70. The number of ether oxygens (including phenoxy) is 1. The topological polar surface area (TPSA) is 61.9 Å². The lowest BCUT2D eigenvalue weighted by Crippen LogP contribution is -2.50. The van der Waals surface area contributed by atoms with Gasteiger partial charge in [0.1, 0.15) is 5.60 Å². The van der Waals surface area contributed by atoms with Crippen molar-refractivity contribution in [3.05, 3.63) is 29.3 Å². The summed E-state index contributed by atoms with van der Waals surface area (Å²) in [5.41, 5.74) is -0.212. The second-order valence-corrected chi connectivity index (χ2v) is 13.4. The monoisotopic (exact) mass is 519 g/mol. The van der Waals surface area contributed by atoms with Crippen LogP contribution in [0.25, 0.3) is 0 Å². The SMILES string of the molecule is CC(C)C[C@H](N[S@@](=O)C(C)(C)C)c1cc(C(F)(F)F)ccc1N1CCN(C(=O)OC(C)(C)C)CC1. The maximum Gasteiger partial charge on any atom is 0.416 e. The van der Waals surface area contributed by atoms with Crippen LogP contribution in [0.5, 0.6) is 0 Å². The minimum atomic E-state index is -4.49. The summed E-state index contributed by atoms with van der Waals surface area (Å²) in [5, 5.41) is 0. The van der Waals surface area contributed by atoms with Gasteiger partial charge in [-0.05, 0) is 77.6 Å². The number of nitrogens with zero attached hydrogens (tertiary/aromatic N) is 2. The molecule has 0 unspecified atom stereocenters. The van der Waals surface area contributed by atoms with Gasteiger partial charge in [0.15, 0.2) is 0 Å². The third-order valence-corrected chi connectivity index (χ3v) is 7.13. The molecule has 10 heteroatoms. The van der Waals surface area contributed by atoms with E-state index in [1.165, 1.54) is 12.1 Å². The number of alkyl halides is 3. The van der Waals surface area contributed by atoms with Crippen molar-refractivity contribution in [1.82, 2.24) is 9.62 Å². The first-order chi connectivity index (χ1) is 15.9. The van der Waals surface area contributed by atoms with Gasteiger partial charge in [-0.3, -0.25) is 0 Å². The van der Waals surface area contributed by atoms with Crippen LogP contribution < -0.4 is 9.62 Å². The van der Waals surface area contributed by atoms with E-state index in [0.29, 0.717) is 43.9 Å². The van der Waals surface area contributed by atoms with Gasteiger partial charge in [0, 0.05) is 37.9 Å². The lowest BCUT2D eigenvalue weighted by atomic mass is 9.94. The van der Waals surface area contributed by atoms with E-state index in [1.807, 2.05) is 39.5 Å². The fraction of sp³-hybridized carbons (Fsp3) is 0.720. The van der Waals surface area contributed by atoms with Crippen molar-refractivity contribution in [2.24, 2.45) is 5.92 Å². The summed E-state index contributed by atoms with van der Waals surface area (Å²) in [6.07, 6.45) is -4.37. The molecule has 0 aliphatic carbocycles. The fourth-order valence-corrected chi connectivity index (χ4v) is 4.61. The van der Waals surface area contributed by atoms with E-state index in [9.17, 15) is 22.2 Å². The number of benzene rings is 1. The highest BCUT2D eigenvalue weighted by molar-refractivity contribution is 7.84. The molecule has 0 radical (unpaired) electrons. The summed E-state index contributed by atoms with van der Waals surface area (Å²) in [7, 11) is -1.47. The number of carbonyl (C=O) groups excluding carboxylic acids is 1. The number of piperazine rings is 1. The molecule has 1 heterocycles. The Bertz CT molecular complexity index is 900. The molecule has 1 aromatic carbocycles. The van der Waals surface area contributed by atoms with Crippen LogP contribution in [0, 0.1) is 5.92 Å². The van der Waals surface area contributed by atoms with Crippen molar-refractivity contribution in [2.45, 2.75) is 84.4 Å². The molecule has 1 fully saturated rings. The number of anilines is 1. The van der Waals surface area contributed by atoms with Crippen LogP contribution in [0.3, 0.4) is 0 Å². The first-order valence-electron chi connectivity index (χ1n) is 12.0. The predicted octanol–water partition coefficient (Wildman–Crippen LogP) is 5.90. The Labute approximate surface area is 210 Å². The summed E-state index contributed by atoms with van der Waals surface area (Å²) in [5.74, 6) is 0.163. The smallest absolute Gasteiger partial charge is 0.416 e. The molecule has 0 saturated carbocycles. The Morgan fingerprint density at radius 1 is 1.06 bits per heavy atom. The van der Waals surface area contributed by atoms with E-state index in [1.54, 1.807) is 25.7 Å². The van der Waals surface area contributed by atoms with Crippen molar-refractivity contribution in [2.75, 3.05) is 31.1 Å². The normalized spacial score (nSPS) is 17.5. The molecular weight excluding hydrogens is 479 g/mol. The molecule has 6 nitrogen and oxygen atoms in total. The minimum Gasteiger partial charge on any atom is -0.444 e. The summed E-state index contributed by atoms with van der Waals surface area (Å²) in [6.45, 7) is 16.6. The van der Waals surface area contributed by atoms with Crippen LogP contribution in [0.15, 0.2) is 18.2 Å². The summed E-state index contributed by atoms with van der Waals surface area (Å²) in [6, 6.07) is 3.23. The highest BCUT2D eigenvalue weighted by atomic mass is 32.2. The van der Waals surface area contributed by atoms with E-state index >= 15 is 0 Å². The van der Waals surface area contributed by atoms with Crippen molar-refractivity contribution in [3.8, 4) is 0 Å². The van der Waals surface area contributed by atoms with Crippen molar-refractivity contribution in [1.29, 1.82) is 0 Å². The Morgan fingerprint density at radius 2 is 1.63 bits per heavy atom. The highest BCUT2D eigenvalue weighted by Gasteiger charge is 2.34. The molecule has 2 atom stereocenters. The standard InChI is InChI=1S/C25H40F3N3O3S/c1-17(2)15-20(29-35(33)24(6,7)8)19-16-18(25(26,27)28)9-10-21(19)30-11-13-31(14-12-30)22(32)34-23(3,4)5/h9-10,16-17,20,29H,11-15H2,1-8H3/t20-,35-/m0/s1. The lowest BCUT2D eigenvalue weighted by Gasteiger charge is -2.38. The van der Waals surface area contributed by atoms with Gasteiger partial charge >= 0.3 is 12.3 Å². The molecule has 0 bridgehead atoms. The molecular formula is C25H40F3N3O3S. The maximum atomic E-state index is 13.6. The molecule has 0 aromatic heterocycles. The van der Waals surface area contributed by atoms with Gasteiger partial charge in [-0.1, -0.05) is 13.8 Å². The highest BCUT2D eigenvalue weighted by Crippen LogP contribution is 2.38. The minimum absolute atomic E-state index is 0.163. The summed E-state index contributed by atoms with van der Waals surface area (Å²) in [4.78, 5) is 16.0. The Hall–Kier alpha value is -1.81. The number of amides is 1. The van der Waals surface area contributed by atoms with Gasteiger partial charge in [0.25, 0.3) is 0 Å². The Morgan fingerprint density at radius 3 is 2.09 bits per heavy atom. The third-order valence-electron chi connectivity index (χ3n) is 5.51. The van der Waals surface area contributed by atoms with E-state index in [4.69, 9.17) is 4.74 Å². The average molecular weight is 520 g/mol. The number of nitrogens with one attached hydrogen (secondary N) is 1. The summed E-state index contributed by atoms with van der Waals surface area (Å²) >= 11 is 0. The van der Waals surface area contributed by atoms with E-state index < -0.39 is 45.2 Å². The Balaban J connectivity index is 2.39. The van der Waals surface area contributed by atoms with Gasteiger partial charge in [-0.25, -0.2) is 13.7 Å². The maximum absolute atomic E-state index is 13.6. The second-order valence-electron chi connectivity index (χ2n) is 11.4. The van der Waals surface area contributed by atoms with E-state index in [2.05, 4.69) is 4.72 Å². The first kappa shape index (κ1) is 29.4. The molecule has 2 rings (SSSR count). The van der Waals surface area contributed by atoms with Crippen LogP contribution in [0.1, 0.15) is 79.0 Å². The van der Waals surface area contributed by atoms with E-state index in [0.717, 1.165) is 6.07 Å². The van der Waals surface area contributed by atoms with Gasteiger partial charge < -0.3 is 14.5 Å². The van der Waals surface area contributed by atoms with Crippen LogP contribution in [0.2, 0.25) is 0 Å². The zero-order chi connectivity index (χ0) is 26.8. The zero-order valence-corrected chi connectivity index (χ0v) is 22.9. The van der Waals surface area contributed by atoms with Gasteiger partial charge in [0.05, 0.1) is 21.3 Å². The predicted molar refractivity (Wildman–Crippen MR) is 135 cm³/mol. The third kappa shape index (κ3) is 8.66. The largest absolute Gasteiger partial charge is 0.444 e. The van der Waals surface area contributed by atoms with Crippen molar-refractivity contribution >= 4 is 22.8 Å². The fourth-order valence-electron chi connectivity index (χ4n) is 3.77. The number of halogens is 3. The zero-order valence-electron chi connectivity index (χ0n) is 22.1. The van der Waals surface area contributed by atoms with Gasteiger partial charge in [0.2, 0.25) is 0 Å². The number of hydrogen-bond donors (Lipinski definition) is 1. The molecule has 1 saturated heterocycles. The molecule has 1 aromatic rings. The van der Waals surface area contributed by atoms with Crippen LogP contribution in [0.4, 0.5) is 23.7 Å². The van der Waals surface area contributed by atoms with Gasteiger partial charge in [-0.15, -0.1) is 0 Å². The molecule has 200 valence electrons. The number of rotatable bonds is 6. The van der Waals surface area contributed by atoms with Crippen molar-refractivity contribution < 1.29 is 26.9 Å². The quantitative estimate of drug-likeness (QED) is 0.508. The summed E-state index contributed by atoms with van der Waals surface area (Å²) < 4.78 is 61.9. The molecule has 35 heavy (non-hydrogen) atoms.